The van der Waals surface area contributed by atoms with Gasteiger partial charge in [0.25, 0.3) is 0 Å². The van der Waals surface area contributed by atoms with Crippen LogP contribution in [0.5, 0.6) is 5.75 Å². The Labute approximate surface area is 179 Å². The van der Waals surface area contributed by atoms with Crippen LogP contribution in [-0.2, 0) is 11.3 Å². The number of ether oxygens (including phenoxy) is 2. The fourth-order valence-electron chi connectivity index (χ4n) is 2.98. The Kier molecular flexibility index (Phi) is 10.9. The molecule has 1 heterocycles. The molecule has 2 rings (SSSR count). The van der Waals surface area contributed by atoms with Gasteiger partial charge in [0.05, 0.1) is 18.7 Å². The monoisotopic (exact) mass is 517 g/mol. The van der Waals surface area contributed by atoms with Crippen LogP contribution in [0.1, 0.15) is 25.3 Å². The highest BCUT2D eigenvalue weighted by Crippen LogP contribution is 2.31. The smallest absolute Gasteiger partial charge is 0.387 e. The molecule has 28 heavy (non-hydrogen) atoms. The van der Waals surface area contributed by atoms with E-state index in [0.29, 0.717) is 38.7 Å². The highest BCUT2D eigenvalue weighted by molar-refractivity contribution is 14.0. The Morgan fingerprint density at radius 2 is 2.18 bits per heavy atom. The van der Waals surface area contributed by atoms with Crippen LogP contribution in [-0.4, -0.2) is 50.6 Å². The fourth-order valence-corrected chi connectivity index (χ4v) is 2.98. The van der Waals surface area contributed by atoms with Crippen LogP contribution in [0.2, 0.25) is 0 Å². The summed E-state index contributed by atoms with van der Waals surface area (Å²) in [5.74, 6) is -0.466. The predicted octanol–water partition coefficient (Wildman–Crippen LogP) is 2.89. The Bertz CT molecular complexity index is 629. The van der Waals surface area contributed by atoms with Gasteiger partial charge in [0, 0.05) is 31.7 Å². The third-order valence-electron chi connectivity index (χ3n) is 4.49. The predicted molar refractivity (Wildman–Crippen MR) is 111 cm³/mol. The molecule has 1 aliphatic heterocycles. The minimum atomic E-state index is -3.04. The van der Waals surface area contributed by atoms with E-state index >= 15 is 0 Å². The average Bonchev–Trinajstić information content (AvgIpc) is 3.07. The number of hydrogen-bond acceptors (Lipinski definition) is 4. The van der Waals surface area contributed by atoms with Crippen molar-refractivity contribution < 1.29 is 27.8 Å². The normalized spacial score (nSPS) is 19.4. The Hall–Kier alpha value is -1.27. The van der Waals surface area contributed by atoms with E-state index in [1.54, 1.807) is 0 Å². The summed E-state index contributed by atoms with van der Waals surface area (Å²) >= 11 is 0. The SMILES string of the molecule is CCNC(=NCc1c(F)cccc1OC(F)F)NCC1(CCO)CCOC1.I. The zero-order chi connectivity index (χ0) is 19.7. The van der Waals surface area contributed by atoms with E-state index in [-0.39, 0.29) is 53.9 Å². The van der Waals surface area contributed by atoms with Gasteiger partial charge >= 0.3 is 6.61 Å². The summed E-state index contributed by atoms with van der Waals surface area (Å²) in [6.07, 6.45) is 1.42. The van der Waals surface area contributed by atoms with Crippen molar-refractivity contribution in [3.05, 3.63) is 29.6 Å². The van der Waals surface area contributed by atoms with Gasteiger partial charge in [0.1, 0.15) is 11.6 Å². The summed E-state index contributed by atoms with van der Waals surface area (Å²) in [7, 11) is 0. The maximum Gasteiger partial charge on any atom is 0.387 e. The molecule has 0 amide bonds. The molecule has 0 bridgehead atoms. The topological polar surface area (TPSA) is 75.1 Å². The first kappa shape index (κ1) is 24.8. The lowest BCUT2D eigenvalue weighted by molar-refractivity contribution is -0.0506. The van der Waals surface area contributed by atoms with Crippen molar-refractivity contribution in [1.82, 2.24) is 10.6 Å². The van der Waals surface area contributed by atoms with Gasteiger partial charge in [-0.3, -0.25) is 0 Å². The van der Waals surface area contributed by atoms with Gasteiger partial charge in [0.2, 0.25) is 0 Å². The number of nitrogens with one attached hydrogen (secondary N) is 2. The molecule has 1 aromatic rings. The van der Waals surface area contributed by atoms with E-state index in [4.69, 9.17) is 4.74 Å². The largest absolute Gasteiger partial charge is 0.434 e. The summed E-state index contributed by atoms with van der Waals surface area (Å²) in [6.45, 7) is 1.02. The number of aliphatic hydroxyl groups excluding tert-OH is 1. The number of benzene rings is 1. The standard InChI is InChI=1S/C18H26F3N3O3.HI/c1-2-22-17(24-11-18(6-8-25)7-9-26-12-18)23-10-13-14(19)4-3-5-15(13)27-16(20)21;/h3-5,16,25H,2,6-12H2,1H3,(H2,22,23,24);1H. The van der Waals surface area contributed by atoms with Crippen LogP contribution in [0.25, 0.3) is 0 Å². The molecule has 1 aromatic carbocycles. The van der Waals surface area contributed by atoms with Crippen molar-refractivity contribution in [3.63, 3.8) is 0 Å². The minimum Gasteiger partial charge on any atom is -0.434 e. The second-order valence-corrected chi connectivity index (χ2v) is 6.42. The molecule has 10 heteroatoms. The van der Waals surface area contributed by atoms with Crippen molar-refractivity contribution in [2.24, 2.45) is 10.4 Å². The minimum absolute atomic E-state index is 0. The maximum atomic E-state index is 14.1. The number of hydrogen-bond donors (Lipinski definition) is 3. The maximum absolute atomic E-state index is 14.1. The molecule has 0 saturated carbocycles. The second kappa shape index (κ2) is 12.3. The molecule has 0 radical (unpaired) electrons. The first-order valence-electron chi connectivity index (χ1n) is 8.92. The molecule has 3 N–H and O–H groups in total. The zero-order valence-electron chi connectivity index (χ0n) is 15.7. The first-order valence-corrected chi connectivity index (χ1v) is 8.92. The molecule has 1 atom stereocenters. The van der Waals surface area contributed by atoms with Crippen molar-refractivity contribution in [2.75, 3.05) is 32.9 Å². The quantitative estimate of drug-likeness (QED) is 0.267. The van der Waals surface area contributed by atoms with Crippen molar-refractivity contribution in [2.45, 2.75) is 32.9 Å². The highest BCUT2D eigenvalue weighted by Gasteiger charge is 2.34. The van der Waals surface area contributed by atoms with Crippen LogP contribution in [0, 0.1) is 11.2 Å². The van der Waals surface area contributed by atoms with Crippen LogP contribution < -0.4 is 15.4 Å². The summed E-state index contributed by atoms with van der Waals surface area (Å²) in [4.78, 5) is 4.29. The summed E-state index contributed by atoms with van der Waals surface area (Å²) in [6, 6.07) is 3.77. The summed E-state index contributed by atoms with van der Waals surface area (Å²) in [5, 5.41) is 15.5. The molecule has 6 nitrogen and oxygen atoms in total. The second-order valence-electron chi connectivity index (χ2n) is 6.42. The number of aliphatic imine (C=N–C) groups is 1. The number of nitrogens with zero attached hydrogens (tertiary/aromatic N) is 1. The Morgan fingerprint density at radius 3 is 2.79 bits per heavy atom. The molecule has 1 saturated heterocycles. The van der Waals surface area contributed by atoms with Crippen LogP contribution >= 0.6 is 24.0 Å². The third kappa shape index (κ3) is 7.28. The van der Waals surface area contributed by atoms with E-state index in [9.17, 15) is 18.3 Å². The number of aliphatic hydroxyl groups is 1. The molecule has 0 aliphatic carbocycles. The van der Waals surface area contributed by atoms with E-state index in [0.717, 1.165) is 6.42 Å². The molecular weight excluding hydrogens is 490 g/mol. The first-order chi connectivity index (χ1) is 13.0. The van der Waals surface area contributed by atoms with Gasteiger partial charge in [0.15, 0.2) is 5.96 Å². The van der Waals surface area contributed by atoms with E-state index in [1.807, 2.05) is 6.92 Å². The van der Waals surface area contributed by atoms with Crippen LogP contribution in [0.3, 0.4) is 0 Å². The van der Waals surface area contributed by atoms with Crippen molar-refractivity contribution in [1.29, 1.82) is 0 Å². The van der Waals surface area contributed by atoms with Crippen LogP contribution in [0.4, 0.5) is 13.2 Å². The lowest BCUT2D eigenvalue weighted by Gasteiger charge is -2.27. The fraction of sp³-hybridized carbons (Fsp3) is 0.611. The molecule has 1 aliphatic rings. The molecular formula is C18H27F3IN3O3. The molecule has 1 unspecified atom stereocenters. The van der Waals surface area contributed by atoms with Crippen molar-refractivity contribution >= 4 is 29.9 Å². The number of halogens is 4. The lowest BCUT2D eigenvalue weighted by Crippen LogP contribution is -2.44. The Morgan fingerprint density at radius 1 is 1.39 bits per heavy atom. The molecule has 1 fully saturated rings. The van der Waals surface area contributed by atoms with Gasteiger partial charge in [-0.2, -0.15) is 8.78 Å². The number of rotatable bonds is 9. The van der Waals surface area contributed by atoms with Crippen LogP contribution in [0.15, 0.2) is 23.2 Å². The van der Waals surface area contributed by atoms with Gasteiger partial charge in [-0.1, -0.05) is 6.07 Å². The highest BCUT2D eigenvalue weighted by atomic mass is 127. The van der Waals surface area contributed by atoms with Gasteiger partial charge in [-0.05, 0) is 31.9 Å². The van der Waals surface area contributed by atoms with E-state index in [2.05, 4.69) is 20.4 Å². The summed E-state index contributed by atoms with van der Waals surface area (Å²) < 4.78 is 48.9. The molecule has 0 aromatic heterocycles. The lowest BCUT2D eigenvalue weighted by atomic mass is 9.84. The van der Waals surface area contributed by atoms with Gasteiger partial charge in [-0.15, -0.1) is 24.0 Å². The Balaban J connectivity index is 0.00000392. The van der Waals surface area contributed by atoms with Crippen molar-refractivity contribution in [3.8, 4) is 5.75 Å². The van der Waals surface area contributed by atoms with E-state index < -0.39 is 12.4 Å². The summed E-state index contributed by atoms with van der Waals surface area (Å²) in [5.41, 5.74) is -0.225. The number of guanidine groups is 1. The molecule has 160 valence electrons. The van der Waals surface area contributed by atoms with Gasteiger partial charge < -0.3 is 25.2 Å². The molecule has 0 spiro atoms. The van der Waals surface area contributed by atoms with Gasteiger partial charge in [-0.25, -0.2) is 9.38 Å². The zero-order valence-corrected chi connectivity index (χ0v) is 18.0. The number of alkyl halides is 2. The van der Waals surface area contributed by atoms with E-state index in [1.165, 1.54) is 18.2 Å². The third-order valence-corrected chi connectivity index (χ3v) is 4.49. The average molecular weight is 517 g/mol.